The van der Waals surface area contributed by atoms with Gasteiger partial charge in [0.1, 0.15) is 0 Å². The standard InChI is InChI=1S/C22H34N2O3/c1-21-8-7-16-14(15(21)5-6-19(21)24-20(23)25)4-3-13-11-17-18(12-22(13,16)2)27-10-9-26-17/h3,14-19H,4-12H2,1-2H3,(H3,23,24,25)/t14-,15-,16-,17?,18?,19?,21-,22-/m0/s1. The summed E-state index contributed by atoms with van der Waals surface area (Å²) in [5.74, 6) is 2.14. The van der Waals surface area contributed by atoms with Crippen molar-refractivity contribution in [2.75, 3.05) is 13.2 Å². The number of primary amides is 1. The highest BCUT2D eigenvalue weighted by molar-refractivity contribution is 5.72. The number of carbonyl (C=O) groups excluding carboxylic acids is 1. The van der Waals surface area contributed by atoms with Gasteiger partial charge in [0.15, 0.2) is 0 Å². The van der Waals surface area contributed by atoms with Gasteiger partial charge in [0, 0.05) is 6.04 Å². The van der Waals surface area contributed by atoms with Crippen molar-refractivity contribution < 1.29 is 14.3 Å². The van der Waals surface area contributed by atoms with Crippen LogP contribution in [0, 0.1) is 28.6 Å². The lowest BCUT2D eigenvalue weighted by Crippen LogP contribution is -2.56. The maximum atomic E-state index is 11.5. The van der Waals surface area contributed by atoms with Crippen LogP contribution in [0.5, 0.6) is 0 Å². The molecule has 0 aromatic rings. The van der Waals surface area contributed by atoms with E-state index in [-0.39, 0.29) is 35.1 Å². The van der Waals surface area contributed by atoms with E-state index in [4.69, 9.17) is 15.2 Å². The number of nitrogens with one attached hydrogen (secondary N) is 1. The molecule has 5 nitrogen and oxygen atoms in total. The van der Waals surface area contributed by atoms with E-state index in [1.54, 1.807) is 5.57 Å². The van der Waals surface area contributed by atoms with Crippen molar-refractivity contribution in [2.24, 2.45) is 34.3 Å². The Morgan fingerprint density at radius 3 is 2.70 bits per heavy atom. The first kappa shape index (κ1) is 18.0. The number of amides is 2. The predicted molar refractivity (Wildman–Crippen MR) is 103 cm³/mol. The number of allylic oxidation sites excluding steroid dienone is 1. The third-order valence-corrected chi connectivity index (χ3v) is 9.15. The van der Waals surface area contributed by atoms with E-state index in [2.05, 4.69) is 25.2 Å². The van der Waals surface area contributed by atoms with Crippen LogP contribution in [-0.2, 0) is 9.47 Å². The van der Waals surface area contributed by atoms with Crippen LogP contribution >= 0.6 is 0 Å². The minimum atomic E-state index is -0.366. The molecule has 5 aliphatic rings. The minimum absolute atomic E-state index is 0.194. The molecule has 0 bridgehead atoms. The maximum absolute atomic E-state index is 11.5. The zero-order chi connectivity index (χ0) is 18.8. The van der Waals surface area contributed by atoms with E-state index in [1.165, 1.54) is 25.7 Å². The Bertz CT molecular complexity index is 664. The molecule has 0 aromatic heterocycles. The smallest absolute Gasteiger partial charge is 0.312 e. The predicted octanol–water partition coefficient (Wildman–Crippen LogP) is 3.38. The molecule has 4 aliphatic carbocycles. The number of hydrogen-bond donors (Lipinski definition) is 2. The van der Waals surface area contributed by atoms with Gasteiger partial charge >= 0.3 is 6.03 Å². The molecule has 1 aliphatic heterocycles. The molecule has 150 valence electrons. The second-order valence-electron chi connectivity index (χ2n) is 10.2. The summed E-state index contributed by atoms with van der Waals surface area (Å²) in [6.07, 6.45) is 11.2. The minimum Gasteiger partial charge on any atom is -0.373 e. The van der Waals surface area contributed by atoms with Crippen molar-refractivity contribution >= 4 is 6.03 Å². The maximum Gasteiger partial charge on any atom is 0.312 e. The number of carbonyl (C=O) groups is 1. The third-order valence-electron chi connectivity index (χ3n) is 9.15. The number of urea groups is 1. The first-order chi connectivity index (χ1) is 12.9. The third kappa shape index (κ3) is 2.61. The number of rotatable bonds is 1. The average molecular weight is 375 g/mol. The van der Waals surface area contributed by atoms with Gasteiger partial charge in [-0.1, -0.05) is 25.5 Å². The summed E-state index contributed by atoms with van der Waals surface area (Å²) in [6.45, 7) is 6.39. The highest BCUT2D eigenvalue weighted by Crippen LogP contribution is 2.65. The van der Waals surface area contributed by atoms with Gasteiger partial charge in [-0.05, 0) is 73.5 Å². The lowest BCUT2D eigenvalue weighted by molar-refractivity contribution is -0.172. The van der Waals surface area contributed by atoms with Crippen molar-refractivity contribution in [3.05, 3.63) is 11.6 Å². The van der Waals surface area contributed by atoms with E-state index < -0.39 is 0 Å². The van der Waals surface area contributed by atoms with E-state index in [0.29, 0.717) is 5.92 Å². The van der Waals surface area contributed by atoms with Crippen molar-refractivity contribution in [3.63, 3.8) is 0 Å². The Kier molecular flexibility index (Phi) is 4.14. The van der Waals surface area contributed by atoms with Gasteiger partial charge in [0.2, 0.25) is 0 Å². The summed E-state index contributed by atoms with van der Waals surface area (Å²) in [5, 5.41) is 3.07. The summed E-state index contributed by atoms with van der Waals surface area (Å²) in [7, 11) is 0. The quantitative estimate of drug-likeness (QED) is 0.691. The molecule has 5 heteroatoms. The van der Waals surface area contributed by atoms with E-state index in [9.17, 15) is 4.79 Å². The molecule has 3 saturated carbocycles. The largest absolute Gasteiger partial charge is 0.373 e. The molecule has 0 radical (unpaired) electrons. The van der Waals surface area contributed by atoms with Crippen molar-refractivity contribution in [3.8, 4) is 0 Å². The number of ether oxygens (including phenoxy) is 2. The molecule has 4 fully saturated rings. The summed E-state index contributed by atoms with van der Waals surface area (Å²) < 4.78 is 12.2. The molecule has 3 unspecified atom stereocenters. The van der Waals surface area contributed by atoms with Crippen LogP contribution in [-0.4, -0.2) is 37.5 Å². The Hall–Kier alpha value is -1.07. The Labute approximate surface area is 162 Å². The Morgan fingerprint density at radius 1 is 1.15 bits per heavy atom. The molecule has 3 N–H and O–H groups in total. The van der Waals surface area contributed by atoms with Crippen LogP contribution in [0.25, 0.3) is 0 Å². The van der Waals surface area contributed by atoms with Crippen LogP contribution in [0.1, 0.15) is 58.8 Å². The fourth-order valence-corrected chi connectivity index (χ4v) is 7.79. The highest BCUT2D eigenvalue weighted by Gasteiger charge is 2.60. The van der Waals surface area contributed by atoms with Gasteiger partial charge in [0.05, 0.1) is 25.4 Å². The van der Waals surface area contributed by atoms with Crippen LogP contribution in [0.4, 0.5) is 4.79 Å². The van der Waals surface area contributed by atoms with Gasteiger partial charge in [-0.2, -0.15) is 0 Å². The Morgan fingerprint density at radius 2 is 1.93 bits per heavy atom. The molecular weight excluding hydrogens is 340 g/mol. The number of fused-ring (bicyclic) bond motifs is 6. The zero-order valence-corrected chi connectivity index (χ0v) is 16.7. The second kappa shape index (κ2) is 6.21. The molecule has 5 rings (SSSR count). The van der Waals surface area contributed by atoms with Gasteiger partial charge in [-0.3, -0.25) is 0 Å². The van der Waals surface area contributed by atoms with Crippen molar-refractivity contribution in [1.82, 2.24) is 5.32 Å². The van der Waals surface area contributed by atoms with Gasteiger partial charge in [-0.15, -0.1) is 0 Å². The lowest BCUT2D eigenvalue weighted by atomic mass is 9.47. The molecule has 27 heavy (non-hydrogen) atoms. The van der Waals surface area contributed by atoms with Crippen LogP contribution in [0.2, 0.25) is 0 Å². The monoisotopic (exact) mass is 374 g/mol. The molecule has 1 saturated heterocycles. The summed E-state index contributed by atoms with van der Waals surface area (Å²) >= 11 is 0. The fraction of sp³-hybridized carbons (Fsp3) is 0.864. The van der Waals surface area contributed by atoms with E-state index >= 15 is 0 Å². The molecule has 2 amide bonds. The molecule has 0 aromatic carbocycles. The fourth-order valence-electron chi connectivity index (χ4n) is 7.79. The normalized spacial score (nSPS) is 51.3. The van der Waals surface area contributed by atoms with E-state index in [0.717, 1.165) is 44.3 Å². The van der Waals surface area contributed by atoms with E-state index in [1.807, 2.05) is 0 Å². The van der Waals surface area contributed by atoms with Gasteiger partial charge in [-0.25, -0.2) is 4.79 Å². The summed E-state index contributed by atoms with van der Waals surface area (Å²) in [4.78, 5) is 11.5. The summed E-state index contributed by atoms with van der Waals surface area (Å²) in [6, 6.07) is -0.125. The van der Waals surface area contributed by atoms with Crippen LogP contribution < -0.4 is 11.1 Å². The SMILES string of the molecule is C[C@]12CC3OCCOC3CC1=CC[C@@H]1[C@@H]2CC[C@]2(C)C(NC(N)=O)CC[C@@H]12. The highest BCUT2D eigenvalue weighted by atomic mass is 16.6. The second-order valence-corrected chi connectivity index (χ2v) is 10.2. The molecule has 1 heterocycles. The summed E-state index contributed by atoms with van der Waals surface area (Å²) in [5.41, 5.74) is 7.54. The number of hydrogen-bond acceptors (Lipinski definition) is 3. The molecule has 8 atom stereocenters. The van der Waals surface area contributed by atoms with Crippen molar-refractivity contribution in [2.45, 2.75) is 77.0 Å². The lowest BCUT2D eigenvalue weighted by Gasteiger charge is -2.59. The zero-order valence-electron chi connectivity index (χ0n) is 16.7. The number of nitrogens with two attached hydrogens (primary N) is 1. The average Bonchev–Trinajstić information content (AvgIpc) is 2.95. The van der Waals surface area contributed by atoms with Crippen LogP contribution in [0.3, 0.4) is 0 Å². The topological polar surface area (TPSA) is 73.6 Å². The van der Waals surface area contributed by atoms with Crippen LogP contribution in [0.15, 0.2) is 11.6 Å². The van der Waals surface area contributed by atoms with Crippen molar-refractivity contribution in [1.29, 1.82) is 0 Å². The first-order valence-corrected chi connectivity index (χ1v) is 10.9. The van der Waals surface area contributed by atoms with Gasteiger partial charge in [0.25, 0.3) is 0 Å². The van der Waals surface area contributed by atoms with Gasteiger partial charge < -0.3 is 20.5 Å². The molecular formula is C22H34N2O3. The molecule has 0 spiro atoms. The Balaban J connectivity index is 1.42. The first-order valence-electron chi connectivity index (χ1n) is 10.9.